The molecule has 3 heteroatoms. The van der Waals surface area contributed by atoms with Gasteiger partial charge in [-0.15, -0.1) is 6.58 Å². The topological polar surface area (TPSA) is 54.4 Å². The minimum Gasteiger partial charge on any atom is -0.384 e. The van der Waals surface area contributed by atoms with Crippen molar-refractivity contribution in [1.29, 1.82) is 0 Å². The molecular formula is C20H28O3. The van der Waals surface area contributed by atoms with E-state index < -0.39 is 11.5 Å². The predicted molar refractivity (Wildman–Crippen MR) is 89.8 cm³/mol. The molecule has 0 aromatic rings. The Balaban J connectivity index is 2.19. The zero-order valence-electron chi connectivity index (χ0n) is 14.7. The Morgan fingerprint density at radius 1 is 1.17 bits per heavy atom. The largest absolute Gasteiger partial charge is 0.384 e. The summed E-state index contributed by atoms with van der Waals surface area (Å²) >= 11 is 0. The number of rotatable bonds is 1. The van der Waals surface area contributed by atoms with Crippen LogP contribution in [0.1, 0.15) is 59.8 Å². The van der Waals surface area contributed by atoms with Crippen LogP contribution in [0.5, 0.6) is 0 Å². The van der Waals surface area contributed by atoms with E-state index in [4.69, 9.17) is 0 Å². The summed E-state index contributed by atoms with van der Waals surface area (Å²) in [5.41, 5.74) is 0.327. The van der Waals surface area contributed by atoms with Crippen molar-refractivity contribution in [2.24, 2.45) is 22.2 Å². The van der Waals surface area contributed by atoms with Crippen molar-refractivity contribution < 1.29 is 14.7 Å². The molecule has 3 aliphatic carbocycles. The average molecular weight is 316 g/mol. The number of carbonyl (C=O) groups excluding carboxylic acids is 2. The molecule has 1 N–H and O–H groups in total. The Morgan fingerprint density at radius 3 is 2.43 bits per heavy atom. The van der Waals surface area contributed by atoms with Crippen LogP contribution in [-0.4, -0.2) is 22.8 Å². The monoisotopic (exact) mass is 316 g/mol. The lowest BCUT2D eigenvalue weighted by Crippen LogP contribution is -2.55. The molecule has 0 aliphatic heterocycles. The Morgan fingerprint density at radius 2 is 1.83 bits per heavy atom. The molecule has 3 aliphatic rings. The first-order valence-electron chi connectivity index (χ1n) is 8.69. The van der Waals surface area contributed by atoms with E-state index in [1.165, 1.54) is 0 Å². The highest BCUT2D eigenvalue weighted by Gasteiger charge is 2.58. The standard InChI is InChI=1S/C20H28O3/c1-6-19(4)11-12-13(21)10-14-18(2,3)8-7-9-20(14,5)15(12)16(22)17(19)23/h6,14,17,23H,1,7-11H2,2-5H3/t14-,17+,19+,20-/m0/s1. The van der Waals surface area contributed by atoms with Crippen molar-refractivity contribution >= 4 is 11.6 Å². The van der Waals surface area contributed by atoms with Gasteiger partial charge in [0.1, 0.15) is 6.10 Å². The number of aliphatic hydroxyl groups is 1. The summed E-state index contributed by atoms with van der Waals surface area (Å²) < 4.78 is 0. The maximum absolute atomic E-state index is 13.0. The van der Waals surface area contributed by atoms with Crippen molar-refractivity contribution in [3.63, 3.8) is 0 Å². The second kappa shape index (κ2) is 4.89. The fourth-order valence-electron chi connectivity index (χ4n) is 5.43. The summed E-state index contributed by atoms with van der Waals surface area (Å²) in [7, 11) is 0. The second-order valence-electron chi connectivity index (χ2n) is 8.95. The summed E-state index contributed by atoms with van der Waals surface area (Å²) in [6.45, 7) is 12.2. The quantitative estimate of drug-likeness (QED) is 0.752. The molecule has 0 saturated heterocycles. The van der Waals surface area contributed by atoms with Crippen molar-refractivity contribution in [1.82, 2.24) is 0 Å². The maximum atomic E-state index is 13.0. The minimum atomic E-state index is -1.09. The second-order valence-corrected chi connectivity index (χ2v) is 8.95. The molecule has 0 bridgehead atoms. The van der Waals surface area contributed by atoms with Crippen molar-refractivity contribution in [3.05, 3.63) is 23.8 Å². The minimum absolute atomic E-state index is 0.0472. The fraction of sp³-hybridized carbons (Fsp3) is 0.700. The Bertz CT molecular complexity index is 627. The summed E-state index contributed by atoms with van der Waals surface area (Å²) in [5, 5.41) is 10.6. The third-order valence-corrected chi connectivity index (χ3v) is 6.97. The van der Waals surface area contributed by atoms with Gasteiger partial charge in [-0.25, -0.2) is 0 Å². The van der Waals surface area contributed by atoms with Crippen LogP contribution < -0.4 is 0 Å². The number of allylic oxidation sites excluding steroid dienone is 1. The van der Waals surface area contributed by atoms with E-state index in [-0.39, 0.29) is 28.3 Å². The van der Waals surface area contributed by atoms with Crippen molar-refractivity contribution in [3.8, 4) is 0 Å². The third-order valence-electron chi connectivity index (χ3n) is 6.97. The van der Waals surface area contributed by atoms with Gasteiger partial charge in [-0.2, -0.15) is 0 Å². The molecule has 0 aromatic heterocycles. The smallest absolute Gasteiger partial charge is 0.189 e. The number of aliphatic hydroxyl groups excluding tert-OH is 1. The number of Topliss-reactive ketones (excluding diaryl/α,β-unsaturated/α-hetero) is 2. The molecule has 1 saturated carbocycles. The molecule has 1 fully saturated rings. The van der Waals surface area contributed by atoms with Gasteiger partial charge in [0.25, 0.3) is 0 Å². The fourth-order valence-corrected chi connectivity index (χ4v) is 5.43. The molecule has 0 unspecified atom stereocenters. The van der Waals surface area contributed by atoms with Crippen LogP contribution >= 0.6 is 0 Å². The first-order chi connectivity index (χ1) is 10.6. The average Bonchev–Trinajstić information content (AvgIpc) is 2.47. The van der Waals surface area contributed by atoms with Crippen LogP contribution in [0.15, 0.2) is 23.8 Å². The Labute approximate surface area is 138 Å². The number of hydrogen-bond donors (Lipinski definition) is 1. The van der Waals surface area contributed by atoms with Crippen LogP contribution in [-0.2, 0) is 9.59 Å². The number of hydrogen-bond acceptors (Lipinski definition) is 3. The Hall–Kier alpha value is -1.22. The van der Waals surface area contributed by atoms with Crippen LogP contribution in [0.3, 0.4) is 0 Å². The number of carbonyl (C=O) groups is 2. The van der Waals surface area contributed by atoms with E-state index in [0.717, 1.165) is 19.3 Å². The summed E-state index contributed by atoms with van der Waals surface area (Å²) in [4.78, 5) is 25.9. The molecule has 0 radical (unpaired) electrons. The van der Waals surface area contributed by atoms with E-state index in [1.54, 1.807) is 6.08 Å². The van der Waals surface area contributed by atoms with Gasteiger partial charge < -0.3 is 5.11 Å². The maximum Gasteiger partial charge on any atom is 0.189 e. The molecule has 0 aromatic carbocycles. The highest BCUT2D eigenvalue weighted by molar-refractivity contribution is 6.12. The molecule has 0 heterocycles. The van der Waals surface area contributed by atoms with E-state index >= 15 is 0 Å². The highest BCUT2D eigenvalue weighted by Crippen LogP contribution is 2.61. The van der Waals surface area contributed by atoms with Crippen molar-refractivity contribution in [2.75, 3.05) is 0 Å². The molecule has 3 nitrogen and oxygen atoms in total. The van der Waals surface area contributed by atoms with Crippen LogP contribution in [0, 0.1) is 22.2 Å². The van der Waals surface area contributed by atoms with Crippen LogP contribution in [0.4, 0.5) is 0 Å². The van der Waals surface area contributed by atoms with Gasteiger partial charge in [-0.05, 0) is 30.6 Å². The SMILES string of the molecule is C=C[C@]1(C)CC2=C(C(=O)[C@H]1O)[C@@]1(C)CCCC(C)(C)[C@@H]1CC2=O. The molecule has 3 rings (SSSR count). The highest BCUT2D eigenvalue weighted by atomic mass is 16.3. The predicted octanol–water partition coefficient (Wildman–Crippen LogP) is 3.61. The lowest BCUT2D eigenvalue weighted by atomic mass is 9.47. The molecule has 0 spiro atoms. The van der Waals surface area contributed by atoms with Gasteiger partial charge in [0.15, 0.2) is 11.6 Å². The number of fused-ring (bicyclic) bond motifs is 2. The summed E-state index contributed by atoms with van der Waals surface area (Å²) in [6, 6.07) is 0. The van der Waals surface area contributed by atoms with Gasteiger partial charge in [0.2, 0.25) is 0 Å². The molecule has 4 atom stereocenters. The number of ketones is 2. The first-order valence-corrected chi connectivity index (χ1v) is 8.69. The lowest BCUT2D eigenvalue weighted by Gasteiger charge is -2.56. The zero-order chi connectivity index (χ0) is 17.2. The molecule has 0 amide bonds. The van der Waals surface area contributed by atoms with E-state index in [9.17, 15) is 14.7 Å². The van der Waals surface area contributed by atoms with Crippen molar-refractivity contribution in [2.45, 2.75) is 65.9 Å². The van der Waals surface area contributed by atoms with Gasteiger partial charge in [0.05, 0.1) is 0 Å². The molecule has 126 valence electrons. The third kappa shape index (κ3) is 2.12. The van der Waals surface area contributed by atoms with Crippen LogP contribution in [0.25, 0.3) is 0 Å². The Kier molecular flexibility index (Phi) is 3.54. The van der Waals surface area contributed by atoms with Gasteiger partial charge in [0, 0.05) is 28.4 Å². The first kappa shape index (κ1) is 16.6. The van der Waals surface area contributed by atoms with E-state index in [0.29, 0.717) is 24.0 Å². The summed E-state index contributed by atoms with van der Waals surface area (Å²) in [6.07, 6.45) is 4.57. The summed E-state index contributed by atoms with van der Waals surface area (Å²) in [5.74, 6) is 0.0388. The van der Waals surface area contributed by atoms with Crippen LogP contribution in [0.2, 0.25) is 0 Å². The normalized spacial score (nSPS) is 43.0. The van der Waals surface area contributed by atoms with Gasteiger partial charge in [-0.1, -0.05) is 40.2 Å². The van der Waals surface area contributed by atoms with E-state index in [2.05, 4.69) is 27.4 Å². The lowest BCUT2D eigenvalue weighted by molar-refractivity contribution is -0.137. The molecule has 23 heavy (non-hydrogen) atoms. The molecular weight excluding hydrogens is 288 g/mol. The van der Waals surface area contributed by atoms with Gasteiger partial charge in [-0.3, -0.25) is 9.59 Å². The van der Waals surface area contributed by atoms with Gasteiger partial charge >= 0.3 is 0 Å². The zero-order valence-corrected chi connectivity index (χ0v) is 14.7. The van der Waals surface area contributed by atoms with E-state index in [1.807, 2.05) is 6.92 Å².